The Balaban J connectivity index is 1.54. The molecule has 0 aliphatic carbocycles. The standard InChI is InChI=1S/C20H16N4O3/c1-13-7-8-14-15(22-13)4-2-5-16(14)23-19(25)11-24-12-21-17(10-20(24)26)18-6-3-9-27-18/h2-10,12H,11H2,1H3,(H,23,25). The number of anilines is 1. The molecule has 1 amide bonds. The van der Waals surface area contributed by atoms with Gasteiger partial charge < -0.3 is 9.73 Å². The Morgan fingerprint density at radius 3 is 2.85 bits per heavy atom. The van der Waals surface area contributed by atoms with Crippen LogP contribution in [-0.4, -0.2) is 20.4 Å². The number of aryl methyl sites for hydroxylation is 1. The molecule has 0 unspecified atom stereocenters. The SMILES string of the molecule is Cc1ccc2c(NC(=O)Cn3cnc(-c4ccco4)cc3=O)cccc2n1. The highest BCUT2D eigenvalue weighted by molar-refractivity contribution is 6.00. The van der Waals surface area contributed by atoms with Gasteiger partial charge in [-0.05, 0) is 43.3 Å². The predicted octanol–water partition coefficient (Wildman–Crippen LogP) is 3.00. The van der Waals surface area contributed by atoms with E-state index in [1.54, 1.807) is 18.2 Å². The number of carbonyl (C=O) groups excluding carboxylic acids is 1. The summed E-state index contributed by atoms with van der Waals surface area (Å²) in [6, 6.07) is 14.1. The van der Waals surface area contributed by atoms with Crippen LogP contribution in [0.25, 0.3) is 22.4 Å². The molecule has 0 aliphatic rings. The van der Waals surface area contributed by atoms with Crippen LogP contribution in [0.4, 0.5) is 5.69 Å². The zero-order chi connectivity index (χ0) is 18.8. The lowest BCUT2D eigenvalue weighted by Crippen LogP contribution is -2.27. The lowest BCUT2D eigenvalue weighted by Gasteiger charge is -2.10. The fraction of sp³-hybridized carbons (Fsp3) is 0.100. The van der Waals surface area contributed by atoms with Gasteiger partial charge in [-0.3, -0.25) is 19.1 Å². The smallest absolute Gasteiger partial charge is 0.254 e. The van der Waals surface area contributed by atoms with Crippen molar-refractivity contribution in [2.45, 2.75) is 13.5 Å². The second-order valence-electron chi connectivity index (χ2n) is 6.09. The first-order valence-electron chi connectivity index (χ1n) is 8.37. The van der Waals surface area contributed by atoms with Crippen molar-refractivity contribution in [1.82, 2.24) is 14.5 Å². The number of benzene rings is 1. The molecular formula is C20H16N4O3. The number of nitrogens with one attached hydrogen (secondary N) is 1. The van der Waals surface area contributed by atoms with E-state index in [-0.39, 0.29) is 18.0 Å². The van der Waals surface area contributed by atoms with E-state index in [2.05, 4.69) is 15.3 Å². The first-order chi connectivity index (χ1) is 13.1. The van der Waals surface area contributed by atoms with Gasteiger partial charge in [-0.1, -0.05) is 6.07 Å². The average molecular weight is 360 g/mol. The molecule has 1 N–H and O–H groups in total. The van der Waals surface area contributed by atoms with Crippen LogP contribution in [0.2, 0.25) is 0 Å². The molecule has 0 aliphatic heterocycles. The number of rotatable bonds is 4. The molecule has 0 spiro atoms. The van der Waals surface area contributed by atoms with E-state index in [1.165, 1.54) is 23.2 Å². The Morgan fingerprint density at radius 2 is 2.07 bits per heavy atom. The van der Waals surface area contributed by atoms with Crippen LogP contribution in [0.3, 0.4) is 0 Å². The Labute approximate surface area is 154 Å². The monoisotopic (exact) mass is 360 g/mol. The Kier molecular flexibility index (Phi) is 4.25. The summed E-state index contributed by atoms with van der Waals surface area (Å²) in [5.41, 5.74) is 2.45. The number of hydrogen-bond acceptors (Lipinski definition) is 5. The van der Waals surface area contributed by atoms with E-state index < -0.39 is 0 Å². The second-order valence-corrected chi connectivity index (χ2v) is 6.09. The maximum absolute atomic E-state index is 12.4. The molecule has 1 aromatic carbocycles. The fourth-order valence-corrected chi connectivity index (χ4v) is 2.81. The van der Waals surface area contributed by atoms with Crippen LogP contribution in [0.15, 0.2) is 70.3 Å². The van der Waals surface area contributed by atoms with Gasteiger partial charge in [-0.25, -0.2) is 4.98 Å². The predicted molar refractivity (Wildman–Crippen MR) is 101 cm³/mol. The van der Waals surface area contributed by atoms with Crippen molar-refractivity contribution in [3.63, 3.8) is 0 Å². The van der Waals surface area contributed by atoms with Crippen molar-refractivity contribution in [2.24, 2.45) is 0 Å². The molecule has 7 heteroatoms. The van der Waals surface area contributed by atoms with E-state index in [9.17, 15) is 9.59 Å². The summed E-state index contributed by atoms with van der Waals surface area (Å²) >= 11 is 0. The molecule has 3 aromatic heterocycles. The molecule has 0 bridgehead atoms. The van der Waals surface area contributed by atoms with Crippen LogP contribution >= 0.6 is 0 Å². The lowest BCUT2D eigenvalue weighted by molar-refractivity contribution is -0.116. The van der Waals surface area contributed by atoms with Crippen molar-refractivity contribution in [3.8, 4) is 11.5 Å². The van der Waals surface area contributed by atoms with Crippen molar-refractivity contribution < 1.29 is 9.21 Å². The zero-order valence-electron chi connectivity index (χ0n) is 14.5. The van der Waals surface area contributed by atoms with Gasteiger partial charge in [0.2, 0.25) is 5.91 Å². The molecule has 134 valence electrons. The third kappa shape index (κ3) is 3.48. The van der Waals surface area contributed by atoms with Crippen LogP contribution in [0, 0.1) is 6.92 Å². The number of hydrogen-bond donors (Lipinski definition) is 1. The van der Waals surface area contributed by atoms with Crippen molar-refractivity contribution in [1.29, 1.82) is 0 Å². The number of carbonyl (C=O) groups is 1. The largest absolute Gasteiger partial charge is 0.463 e. The fourth-order valence-electron chi connectivity index (χ4n) is 2.81. The number of furan rings is 1. The summed E-state index contributed by atoms with van der Waals surface area (Å²) in [7, 11) is 0. The minimum Gasteiger partial charge on any atom is -0.463 e. The molecule has 3 heterocycles. The zero-order valence-corrected chi connectivity index (χ0v) is 14.5. The van der Waals surface area contributed by atoms with E-state index in [0.717, 1.165) is 16.6 Å². The number of nitrogens with zero attached hydrogens (tertiary/aromatic N) is 3. The second kappa shape index (κ2) is 6.87. The molecular weight excluding hydrogens is 344 g/mol. The maximum atomic E-state index is 12.4. The first-order valence-corrected chi connectivity index (χ1v) is 8.37. The minimum absolute atomic E-state index is 0.139. The number of fused-ring (bicyclic) bond motifs is 1. The van der Waals surface area contributed by atoms with Crippen LogP contribution < -0.4 is 10.9 Å². The number of amides is 1. The van der Waals surface area contributed by atoms with Crippen molar-refractivity contribution in [2.75, 3.05) is 5.32 Å². The van der Waals surface area contributed by atoms with Gasteiger partial charge in [0, 0.05) is 17.1 Å². The molecule has 0 saturated carbocycles. The van der Waals surface area contributed by atoms with Gasteiger partial charge in [-0.2, -0.15) is 0 Å². The third-order valence-corrected chi connectivity index (χ3v) is 4.11. The normalized spacial score (nSPS) is 10.9. The van der Waals surface area contributed by atoms with Gasteiger partial charge in [0.1, 0.15) is 12.2 Å². The molecule has 4 aromatic rings. The van der Waals surface area contributed by atoms with Gasteiger partial charge in [0.25, 0.3) is 5.56 Å². The van der Waals surface area contributed by atoms with Crippen molar-refractivity contribution in [3.05, 3.63) is 77.2 Å². The Hall–Kier alpha value is -3.74. The molecule has 4 rings (SSSR count). The summed E-state index contributed by atoms with van der Waals surface area (Å²) < 4.78 is 6.47. The molecule has 0 fully saturated rings. The summed E-state index contributed by atoms with van der Waals surface area (Å²) in [5, 5.41) is 3.68. The van der Waals surface area contributed by atoms with Crippen LogP contribution in [0.1, 0.15) is 5.69 Å². The number of aromatic nitrogens is 3. The van der Waals surface area contributed by atoms with E-state index in [1.807, 2.05) is 31.2 Å². The summed E-state index contributed by atoms with van der Waals surface area (Å²) in [5.74, 6) is 0.181. The van der Waals surface area contributed by atoms with Crippen LogP contribution in [-0.2, 0) is 11.3 Å². The molecule has 0 atom stereocenters. The minimum atomic E-state index is -0.332. The molecule has 0 saturated heterocycles. The Morgan fingerprint density at radius 1 is 1.19 bits per heavy atom. The van der Waals surface area contributed by atoms with Gasteiger partial charge in [0.05, 0.1) is 23.8 Å². The highest BCUT2D eigenvalue weighted by atomic mass is 16.3. The Bertz CT molecular complexity index is 1180. The third-order valence-electron chi connectivity index (χ3n) is 4.11. The summed E-state index contributed by atoms with van der Waals surface area (Å²) in [6.07, 6.45) is 2.85. The summed E-state index contributed by atoms with van der Waals surface area (Å²) in [6.45, 7) is 1.77. The van der Waals surface area contributed by atoms with Crippen LogP contribution in [0.5, 0.6) is 0 Å². The number of pyridine rings is 1. The maximum Gasteiger partial charge on any atom is 0.254 e. The van der Waals surface area contributed by atoms with Gasteiger partial charge in [0.15, 0.2) is 5.76 Å². The first kappa shape index (κ1) is 16.7. The quantitative estimate of drug-likeness (QED) is 0.604. The van der Waals surface area contributed by atoms with E-state index in [0.29, 0.717) is 17.1 Å². The topological polar surface area (TPSA) is 90.0 Å². The molecule has 7 nitrogen and oxygen atoms in total. The van der Waals surface area contributed by atoms with Gasteiger partial charge in [-0.15, -0.1) is 0 Å². The molecule has 27 heavy (non-hydrogen) atoms. The van der Waals surface area contributed by atoms with Gasteiger partial charge >= 0.3 is 0 Å². The van der Waals surface area contributed by atoms with E-state index in [4.69, 9.17) is 4.42 Å². The van der Waals surface area contributed by atoms with E-state index >= 15 is 0 Å². The highest BCUT2D eigenvalue weighted by Gasteiger charge is 2.10. The highest BCUT2D eigenvalue weighted by Crippen LogP contribution is 2.22. The average Bonchev–Trinajstić information content (AvgIpc) is 3.18. The lowest BCUT2D eigenvalue weighted by atomic mass is 10.1. The molecule has 0 radical (unpaired) electrons. The summed E-state index contributed by atoms with van der Waals surface area (Å²) in [4.78, 5) is 33.3. The van der Waals surface area contributed by atoms with Crippen molar-refractivity contribution >= 4 is 22.5 Å².